The van der Waals surface area contributed by atoms with Crippen LogP contribution in [0.15, 0.2) is 67.0 Å². The fourth-order valence-electron chi connectivity index (χ4n) is 5.62. The zero-order valence-electron chi connectivity index (χ0n) is 25.7. The van der Waals surface area contributed by atoms with Crippen molar-refractivity contribution in [1.29, 1.82) is 0 Å². The van der Waals surface area contributed by atoms with Crippen molar-refractivity contribution in [3.63, 3.8) is 0 Å². The van der Waals surface area contributed by atoms with Crippen molar-refractivity contribution in [2.45, 2.75) is 38.0 Å². The lowest BCUT2D eigenvalue weighted by Gasteiger charge is -2.15. The molecule has 4 heterocycles. The van der Waals surface area contributed by atoms with Crippen molar-refractivity contribution in [3.05, 3.63) is 88.2 Å². The van der Waals surface area contributed by atoms with Gasteiger partial charge >= 0.3 is 0 Å². The summed E-state index contributed by atoms with van der Waals surface area (Å²) < 4.78 is 7.33. The van der Waals surface area contributed by atoms with E-state index in [1.165, 1.54) is 0 Å². The first-order valence-corrected chi connectivity index (χ1v) is 16.1. The number of rotatable bonds is 13. The van der Waals surface area contributed by atoms with Crippen molar-refractivity contribution >= 4 is 40.1 Å². The number of nitrogens with one attached hydrogen (secondary N) is 3. The minimum atomic E-state index is -0.404. The van der Waals surface area contributed by atoms with Gasteiger partial charge in [-0.2, -0.15) is 0 Å². The Morgan fingerprint density at radius 1 is 1.04 bits per heavy atom. The molecule has 2 aromatic carbocycles. The highest BCUT2D eigenvalue weighted by Gasteiger charge is 2.21. The van der Waals surface area contributed by atoms with Gasteiger partial charge in [-0.3, -0.25) is 4.79 Å². The summed E-state index contributed by atoms with van der Waals surface area (Å²) in [5, 5.41) is 34.5. The number of methoxy groups -OCH3 is 1. The quantitative estimate of drug-likeness (QED) is 0.123. The monoisotopic (exact) mass is 675 g/mol. The smallest absolute Gasteiger partial charge is 0.220 e. The molecule has 244 valence electrons. The Labute approximate surface area is 281 Å². The van der Waals surface area contributed by atoms with Crippen LogP contribution in [0.2, 0.25) is 10.0 Å². The minimum Gasteiger partial charge on any atom is -0.481 e. The molecule has 5 aromatic rings. The van der Waals surface area contributed by atoms with E-state index in [1.807, 2.05) is 60.8 Å². The van der Waals surface area contributed by atoms with Gasteiger partial charge in [0.2, 0.25) is 11.8 Å². The summed E-state index contributed by atoms with van der Waals surface area (Å²) in [6, 6.07) is 17.0. The molecule has 11 nitrogen and oxygen atoms in total. The number of carbonyl (C=O) groups is 1. The van der Waals surface area contributed by atoms with Gasteiger partial charge in [-0.1, -0.05) is 59.6 Å². The van der Waals surface area contributed by atoms with Gasteiger partial charge in [0.25, 0.3) is 0 Å². The maximum atomic E-state index is 11.5. The molecule has 1 amide bonds. The van der Waals surface area contributed by atoms with Gasteiger partial charge in [0.1, 0.15) is 0 Å². The van der Waals surface area contributed by atoms with Gasteiger partial charge in [-0.05, 0) is 30.2 Å². The molecule has 47 heavy (non-hydrogen) atoms. The Balaban J connectivity index is 1.24. The Morgan fingerprint density at radius 2 is 1.81 bits per heavy atom. The number of halogens is 2. The van der Waals surface area contributed by atoms with Crippen LogP contribution >= 0.6 is 23.2 Å². The molecular formula is C34H35Cl2N7O4. The molecule has 1 saturated heterocycles. The highest BCUT2D eigenvalue weighted by Crippen LogP contribution is 2.41. The van der Waals surface area contributed by atoms with E-state index in [9.17, 15) is 15.0 Å². The lowest BCUT2D eigenvalue weighted by molar-refractivity contribution is -0.119. The van der Waals surface area contributed by atoms with Gasteiger partial charge in [0, 0.05) is 72.1 Å². The highest BCUT2D eigenvalue weighted by molar-refractivity contribution is 6.39. The predicted octanol–water partition coefficient (Wildman–Crippen LogP) is 4.28. The largest absolute Gasteiger partial charge is 0.481 e. The third-order valence-electron chi connectivity index (χ3n) is 8.16. The molecule has 0 unspecified atom stereocenters. The number of fused-ring (bicyclic) bond motifs is 1. The summed E-state index contributed by atoms with van der Waals surface area (Å²) in [6.07, 6.45) is 4.97. The van der Waals surface area contributed by atoms with Crippen molar-refractivity contribution in [2.24, 2.45) is 0 Å². The van der Waals surface area contributed by atoms with Gasteiger partial charge in [0.05, 0.1) is 47.8 Å². The van der Waals surface area contributed by atoms with E-state index in [2.05, 4.69) is 26.0 Å². The number of hydrogen-bond acceptors (Lipinski definition) is 9. The van der Waals surface area contributed by atoms with E-state index in [1.54, 1.807) is 18.0 Å². The predicted molar refractivity (Wildman–Crippen MR) is 182 cm³/mol. The first kappa shape index (κ1) is 32.8. The Kier molecular flexibility index (Phi) is 10.3. The zero-order valence-corrected chi connectivity index (χ0v) is 27.2. The number of aliphatic hydroxyl groups is 2. The van der Waals surface area contributed by atoms with Crippen LogP contribution < -0.4 is 20.7 Å². The van der Waals surface area contributed by atoms with Crippen molar-refractivity contribution in [1.82, 2.24) is 35.7 Å². The average Bonchev–Trinajstić information content (AvgIpc) is 3.71. The molecule has 0 saturated carbocycles. The molecule has 13 heteroatoms. The Hall–Kier alpha value is -4.10. The van der Waals surface area contributed by atoms with E-state index >= 15 is 0 Å². The molecule has 1 aliphatic heterocycles. The summed E-state index contributed by atoms with van der Waals surface area (Å²) in [4.78, 5) is 20.7. The van der Waals surface area contributed by atoms with Crippen LogP contribution in [-0.4, -0.2) is 74.8 Å². The van der Waals surface area contributed by atoms with E-state index < -0.39 is 6.04 Å². The normalized spacial score (nSPS) is 14.7. The Morgan fingerprint density at radius 3 is 2.55 bits per heavy atom. The molecule has 0 bridgehead atoms. The van der Waals surface area contributed by atoms with Crippen molar-refractivity contribution in [2.75, 3.05) is 26.9 Å². The molecule has 0 aliphatic carbocycles. The summed E-state index contributed by atoms with van der Waals surface area (Å²) in [5.41, 5.74) is 5.88. The van der Waals surface area contributed by atoms with Crippen LogP contribution in [0, 0.1) is 0 Å². The summed E-state index contributed by atoms with van der Waals surface area (Å²) in [7, 11) is 1.59. The third-order valence-corrected chi connectivity index (χ3v) is 8.97. The number of pyridine rings is 2. The van der Waals surface area contributed by atoms with Crippen LogP contribution in [-0.2, 0) is 17.9 Å². The second kappa shape index (κ2) is 14.8. The lowest BCUT2D eigenvalue weighted by Crippen LogP contribution is -2.35. The highest BCUT2D eigenvalue weighted by atomic mass is 35.5. The van der Waals surface area contributed by atoms with Crippen LogP contribution in [0.1, 0.15) is 24.0 Å². The van der Waals surface area contributed by atoms with E-state index in [4.69, 9.17) is 32.9 Å². The summed E-state index contributed by atoms with van der Waals surface area (Å²) in [6.45, 7) is 1.33. The number of ether oxygens (including phenoxy) is 1. The topological polar surface area (TPSA) is 146 Å². The number of aliphatic hydroxyl groups excluding tert-OH is 2. The van der Waals surface area contributed by atoms with Gasteiger partial charge in [0.15, 0.2) is 5.65 Å². The number of aromatic nitrogens is 4. The van der Waals surface area contributed by atoms with E-state index in [-0.39, 0.29) is 25.2 Å². The fourth-order valence-corrected chi connectivity index (χ4v) is 6.25. The molecular weight excluding hydrogens is 641 g/mol. The SMILES string of the molecule is COc1nc(-c2cccc(-c3cccc(-n4cc5cc(CNC(CO)CO)cnc5n4)c3Cl)c2Cl)ccc1CNC[C@@H]1CCC(=O)N1. The van der Waals surface area contributed by atoms with Gasteiger partial charge in [-0.25, -0.2) is 14.6 Å². The molecule has 3 aromatic heterocycles. The molecule has 0 radical (unpaired) electrons. The first-order chi connectivity index (χ1) is 22.9. The summed E-state index contributed by atoms with van der Waals surface area (Å²) in [5.74, 6) is 0.587. The van der Waals surface area contributed by atoms with E-state index in [0.717, 1.165) is 39.6 Å². The van der Waals surface area contributed by atoms with Gasteiger partial charge < -0.3 is 30.9 Å². The van der Waals surface area contributed by atoms with Crippen molar-refractivity contribution in [3.8, 4) is 34.0 Å². The maximum absolute atomic E-state index is 11.5. The molecule has 6 rings (SSSR count). The molecule has 1 aliphatic rings. The fraction of sp³-hybridized carbons (Fsp3) is 0.294. The molecule has 1 fully saturated rings. The minimum absolute atomic E-state index is 0.0941. The number of amides is 1. The number of hydrogen-bond donors (Lipinski definition) is 5. The lowest BCUT2D eigenvalue weighted by atomic mass is 10.00. The third kappa shape index (κ3) is 7.25. The zero-order chi connectivity index (χ0) is 32.9. The van der Waals surface area contributed by atoms with Crippen LogP contribution in [0.5, 0.6) is 5.88 Å². The number of benzene rings is 2. The molecule has 0 spiro atoms. The standard InChI is InChI=1S/C34H35Cl2N7O4/c1-47-34-21(15-37-16-23-9-11-30(46)40-23)8-10-28(41-34)27-6-2-4-25(31(27)35)26-5-3-7-29(32(26)36)43-17-22-12-20(14-39-33(22)42-43)13-38-24(18-44)19-45/h2-8,10,12,14,17,23-24,37-38,44-45H,9,11,13,15-16,18-19H2,1H3,(H,40,46)/t23-/m0/s1. The van der Waals surface area contributed by atoms with Crippen LogP contribution in [0.4, 0.5) is 0 Å². The first-order valence-electron chi connectivity index (χ1n) is 15.3. The second-order valence-electron chi connectivity index (χ2n) is 11.4. The van der Waals surface area contributed by atoms with Crippen LogP contribution in [0.25, 0.3) is 39.1 Å². The van der Waals surface area contributed by atoms with Crippen LogP contribution in [0.3, 0.4) is 0 Å². The van der Waals surface area contributed by atoms with E-state index in [0.29, 0.717) is 59.0 Å². The number of carbonyl (C=O) groups excluding carboxylic acids is 1. The maximum Gasteiger partial charge on any atom is 0.220 e. The van der Waals surface area contributed by atoms with Gasteiger partial charge in [-0.15, -0.1) is 5.10 Å². The molecule has 5 N–H and O–H groups in total. The summed E-state index contributed by atoms with van der Waals surface area (Å²) >= 11 is 14.1. The second-order valence-corrected chi connectivity index (χ2v) is 12.1. The molecule has 1 atom stereocenters. The van der Waals surface area contributed by atoms with Crippen molar-refractivity contribution < 1.29 is 19.7 Å². The number of nitrogens with zero attached hydrogens (tertiary/aromatic N) is 4. The Bertz CT molecular complexity index is 1900. The average molecular weight is 677 g/mol.